The van der Waals surface area contributed by atoms with Crippen molar-refractivity contribution in [2.75, 3.05) is 43.6 Å². The van der Waals surface area contributed by atoms with Crippen LogP contribution in [0, 0.1) is 0 Å². The van der Waals surface area contributed by atoms with Crippen molar-refractivity contribution < 1.29 is 14.3 Å². The van der Waals surface area contributed by atoms with Gasteiger partial charge in [0.25, 0.3) is 0 Å². The van der Waals surface area contributed by atoms with E-state index in [0.29, 0.717) is 31.1 Å². The minimum Gasteiger partial charge on any atom is -0.497 e. The number of halogens is 1. The highest BCUT2D eigenvalue weighted by atomic mass is 35.5. The standard InChI is InChI=1S/C20H23ClN2O3/c1-25-17-6-2-15(3-7-17)4-9-20(24)22-18-14-16(21)5-8-19(18)23-10-12-26-13-11-23/h2-3,5-8,14H,4,9-13H2,1H3,(H,22,24). The van der Waals surface area contributed by atoms with Crippen LogP contribution in [0.5, 0.6) is 5.75 Å². The van der Waals surface area contributed by atoms with E-state index in [1.165, 1.54) is 0 Å². The Labute approximate surface area is 158 Å². The highest BCUT2D eigenvalue weighted by Gasteiger charge is 2.16. The monoisotopic (exact) mass is 374 g/mol. The highest BCUT2D eigenvalue weighted by Crippen LogP contribution is 2.30. The number of anilines is 2. The number of aryl methyl sites for hydroxylation is 1. The molecule has 3 rings (SSSR count). The number of carbonyl (C=O) groups excluding carboxylic acids is 1. The Kier molecular flexibility index (Phi) is 6.36. The molecule has 0 bridgehead atoms. The minimum atomic E-state index is -0.0300. The Morgan fingerprint density at radius 1 is 1.19 bits per heavy atom. The molecule has 1 N–H and O–H groups in total. The summed E-state index contributed by atoms with van der Waals surface area (Å²) in [6, 6.07) is 13.4. The van der Waals surface area contributed by atoms with Gasteiger partial charge in [-0.25, -0.2) is 0 Å². The predicted molar refractivity (Wildman–Crippen MR) is 104 cm³/mol. The lowest BCUT2D eigenvalue weighted by Gasteiger charge is -2.30. The third-order valence-corrected chi connectivity index (χ3v) is 4.62. The molecule has 138 valence electrons. The van der Waals surface area contributed by atoms with Crippen LogP contribution >= 0.6 is 11.6 Å². The van der Waals surface area contributed by atoms with E-state index in [9.17, 15) is 4.79 Å². The Balaban J connectivity index is 1.63. The summed E-state index contributed by atoms with van der Waals surface area (Å²) in [5, 5.41) is 3.62. The zero-order chi connectivity index (χ0) is 18.4. The molecule has 0 spiro atoms. The Hall–Kier alpha value is -2.24. The second-order valence-electron chi connectivity index (χ2n) is 6.16. The van der Waals surface area contributed by atoms with Crippen molar-refractivity contribution in [2.24, 2.45) is 0 Å². The molecule has 26 heavy (non-hydrogen) atoms. The Bertz CT molecular complexity index is 743. The molecular weight excluding hydrogens is 352 g/mol. The summed E-state index contributed by atoms with van der Waals surface area (Å²) in [6.07, 6.45) is 1.07. The first kappa shape index (κ1) is 18.5. The van der Waals surface area contributed by atoms with E-state index in [4.69, 9.17) is 21.1 Å². The second-order valence-corrected chi connectivity index (χ2v) is 6.59. The first-order valence-electron chi connectivity index (χ1n) is 8.71. The zero-order valence-corrected chi connectivity index (χ0v) is 15.6. The SMILES string of the molecule is COc1ccc(CCC(=O)Nc2cc(Cl)ccc2N2CCOCC2)cc1. The molecule has 1 fully saturated rings. The number of amides is 1. The van der Waals surface area contributed by atoms with Crippen molar-refractivity contribution in [2.45, 2.75) is 12.8 Å². The molecule has 6 heteroatoms. The number of carbonyl (C=O) groups is 1. The van der Waals surface area contributed by atoms with Gasteiger partial charge in [0.15, 0.2) is 0 Å². The van der Waals surface area contributed by atoms with Gasteiger partial charge in [0.05, 0.1) is 31.7 Å². The first-order chi connectivity index (χ1) is 12.7. The smallest absolute Gasteiger partial charge is 0.224 e. The van der Waals surface area contributed by atoms with Crippen LogP contribution in [0.2, 0.25) is 5.02 Å². The normalized spacial score (nSPS) is 14.2. The van der Waals surface area contributed by atoms with Gasteiger partial charge < -0.3 is 19.7 Å². The van der Waals surface area contributed by atoms with Crippen molar-refractivity contribution in [3.05, 3.63) is 53.1 Å². The predicted octanol–water partition coefficient (Wildman–Crippen LogP) is 3.76. The molecule has 1 saturated heterocycles. The van der Waals surface area contributed by atoms with E-state index < -0.39 is 0 Å². The molecule has 0 saturated carbocycles. The van der Waals surface area contributed by atoms with Gasteiger partial charge in [0.2, 0.25) is 5.91 Å². The summed E-state index contributed by atoms with van der Waals surface area (Å²) < 4.78 is 10.6. The van der Waals surface area contributed by atoms with Gasteiger partial charge in [-0.3, -0.25) is 4.79 Å². The summed E-state index contributed by atoms with van der Waals surface area (Å²) in [5.41, 5.74) is 2.83. The van der Waals surface area contributed by atoms with E-state index >= 15 is 0 Å². The lowest BCUT2D eigenvalue weighted by Crippen LogP contribution is -2.36. The number of nitrogens with zero attached hydrogens (tertiary/aromatic N) is 1. The number of morpholine rings is 1. The zero-order valence-electron chi connectivity index (χ0n) is 14.8. The second kappa shape index (κ2) is 8.92. The number of benzene rings is 2. The third kappa shape index (κ3) is 4.90. The van der Waals surface area contributed by atoms with Crippen LogP contribution < -0.4 is 15.0 Å². The van der Waals surface area contributed by atoms with Gasteiger partial charge in [-0.1, -0.05) is 23.7 Å². The van der Waals surface area contributed by atoms with Crippen molar-refractivity contribution in [3.8, 4) is 5.75 Å². The number of ether oxygens (including phenoxy) is 2. The Morgan fingerprint density at radius 3 is 2.62 bits per heavy atom. The van der Waals surface area contributed by atoms with Crippen molar-refractivity contribution in [3.63, 3.8) is 0 Å². The van der Waals surface area contributed by atoms with Gasteiger partial charge in [0.1, 0.15) is 5.75 Å². The average Bonchev–Trinajstić information content (AvgIpc) is 2.67. The lowest BCUT2D eigenvalue weighted by atomic mass is 10.1. The third-order valence-electron chi connectivity index (χ3n) is 4.38. The number of nitrogens with one attached hydrogen (secondary N) is 1. The van der Waals surface area contributed by atoms with Gasteiger partial charge in [0, 0.05) is 24.5 Å². The van der Waals surface area contributed by atoms with Crippen LogP contribution in [0.4, 0.5) is 11.4 Å². The average molecular weight is 375 g/mol. The van der Waals surface area contributed by atoms with Gasteiger partial charge in [-0.15, -0.1) is 0 Å². The highest BCUT2D eigenvalue weighted by molar-refractivity contribution is 6.31. The lowest BCUT2D eigenvalue weighted by molar-refractivity contribution is -0.116. The molecule has 0 radical (unpaired) electrons. The van der Waals surface area contributed by atoms with Gasteiger partial charge in [-0.2, -0.15) is 0 Å². The van der Waals surface area contributed by atoms with E-state index in [1.807, 2.05) is 36.4 Å². The van der Waals surface area contributed by atoms with Crippen molar-refractivity contribution in [1.82, 2.24) is 0 Å². The largest absolute Gasteiger partial charge is 0.497 e. The molecule has 1 amide bonds. The number of methoxy groups -OCH3 is 1. The van der Waals surface area contributed by atoms with Crippen LogP contribution in [0.15, 0.2) is 42.5 Å². The number of hydrogen-bond donors (Lipinski definition) is 1. The quantitative estimate of drug-likeness (QED) is 0.836. The minimum absolute atomic E-state index is 0.0300. The van der Waals surface area contributed by atoms with E-state index in [-0.39, 0.29) is 5.91 Å². The van der Waals surface area contributed by atoms with E-state index in [1.54, 1.807) is 13.2 Å². The fourth-order valence-corrected chi connectivity index (χ4v) is 3.12. The topological polar surface area (TPSA) is 50.8 Å². The van der Waals surface area contributed by atoms with Crippen LogP contribution in [-0.2, 0) is 16.0 Å². The van der Waals surface area contributed by atoms with Crippen LogP contribution in [0.25, 0.3) is 0 Å². The number of hydrogen-bond acceptors (Lipinski definition) is 4. The Morgan fingerprint density at radius 2 is 1.92 bits per heavy atom. The molecule has 1 heterocycles. The molecule has 1 aliphatic rings. The molecule has 5 nitrogen and oxygen atoms in total. The molecule has 2 aromatic rings. The fraction of sp³-hybridized carbons (Fsp3) is 0.350. The maximum absolute atomic E-state index is 12.4. The van der Waals surface area contributed by atoms with Crippen molar-refractivity contribution >= 4 is 28.9 Å². The number of rotatable bonds is 6. The van der Waals surface area contributed by atoms with Crippen molar-refractivity contribution in [1.29, 1.82) is 0 Å². The molecule has 0 aliphatic carbocycles. The molecule has 1 aliphatic heterocycles. The summed E-state index contributed by atoms with van der Waals surface area (Å²) in [6.45, 7) is 2.98. The maximum Gasteiger partial charge on any atom is 0.224 e. The van der Waals surface area contributed by atoms with Crippen LogP contribution in [-0.4, -0.2) is 39.3 Å². The van der Waals surface area contributed by atoms with Gasteiger partial charge >= 0.3 is 0 Å². The van der Waals surface area contributed by atoms with Gasteiger partial charge in [-0.05, 0) is 42.3 Å². The molecule has 0 aromatic heterocycles. The first-order valence-corrected chi connectivity index (χ1v) is 9.08. The molecule has 0 unspecified atom stereocenters. The van der Waals surface area contributed by atoms with E-state index in [0.717, 1.165) is 35.8 Å². The fourth-order valence-electron chi connectivity index (χ4n) is 2.95. The maximum atomic E-state index is 12.4. The van der Waals surface area contributed by atoms with E-state index in [2.05, 4.69) is 10.2 Å². The van der Waals surface area contributed by atoms with Crippen LogP contribution in [0.1, 0.15) is 12.0 Å². The molecular formula is C20H23ClN2O3. The summed E-state index contributed by atoms with van der Waals surface area (Å²) >= 11 is 6.13. The summed E-state index contributed by atoms with van der Waals surface area (Å²) in [7, 11) is 1.64. The molecule has 0 atom stereocenters. The molecule has 2 aromatic carbocycles. The van der Waals surface area contributed by atoms with Crippen LogP contribution in [0.3, 0.4) is 0 Å². The summed E-state index contributed by atoms with van der Waals surface area (Å²) in [5.74, 6) is 0.782. The summed E-state index contributed by atoms with van der Waals surface area (Å²) in [4.78, 5) is 14.6.